The summed E-state index contributed by atoms with van der Waals surface area (Å²) in [6.07, 6.45) is 11.8. The molecule has 13 heavy (non-hydrogen) atoms. The molecule has 0 amide bonds. The zero-order valence-electron chi connectivity index (χ0n) is 10.1. The fourth-order valence-corrected chi connectivity index (χ4v) is 5.86. The minimum Gasteiger partial charge on any atom is -0.126 e. The van der Waals surface area contributed by atoms with E-state index in [0.717, 1.165) is 0 Å². The Morgan fingerprint density at radius 3 is 1.31 bits per heavy atom. The first-order valence-corrected chi connectivity index (χ1v) is 8.62. The monoisotopic (exact) mass is 203 g/mol. The summed E-state index contributed by atoms with van der Waals surface area (Å²) in [5, 5.41) is 0. The first-order valence-electron chi connectivity index (χ1n) is 6.09. The standard InChI is InChI=1S/C12H28P/c1-5-9-11-13(7-3,8-4)12-10-6-2/h5-12H2,1-4H3. The van der Waals surface area contributed by atoms with Crippen LogP contribution in [0.4, 0.5) is 0 Å². The quantitative estimate of drug-likeness (QED) is 0.504. The maximum Gasteiger partial charge on any atom is -0.0359 e. The van der Waals surface area contributed by atoms with Crippen molar-refractivity contribution in [2.75, 3.05) is 24.6 Å². The average Bonchev–Trinajstić information content (AvgIpc) is 2.20. The van der Waals surface area contributed by atoms with Crippen molar-refractivity contribution in [3.05, 3.63) is 0 Å². The molecule has 0 spiro atoms. The van der Waals surface area contributed by atoms with E-state index in [-0.39, 0.29) is 0 Å². The summed E-state index contributed by atoms with van der Waals surface area (Å²) in [7, 11) is -0.491. The smallest absolute Gasteiger partial charge is 0.0359 e. The normalized spacial score (nSPS) is 12.0. The van der Waals surface area contributed by atoms with Gasteiger partial charge < -0.3 is 0 Å². The second kappa shape index (κ2) is 7.80. The summed E-state index contributed by atoms with van der Waals surface area (Å²) in [5.74, 6) is 0. The molecule has 0 rings (SSSR count). The average molecular weight is 203 g/mol. The van der Waals surface area contributed by atoms with Gasteiger partial charge in [0.05, 0.1) is 0 Å². The van der Waals surface area contributed by atoms with Crippen molar-refractivity contribution >= 4 is 7.26 Å². The molecule has 0 aliphatic heterocycles. The molecule has 0 aliphatic rings. The van der Waals surface area contributed by atoms with E-state index in [1.807, 2.05) is 0 Å². The Morgan fingerprint density at radius 2 is 1.08 bits per heavy atom. The molecule has 81 valence electrons. The third kappa shape index (κ3) is 5.01. The zero-order chi connectivity index (χ0) is 10.2. The maximum atomic E-state index is 2.42. The fraction of sp³-hybridized carbons (Fsp3) is 1.00. The van der Waals surface area contributed by atoms with Crippen LogP contribution in [0.25, 0.3) is 0 Å². The number of unbranched alkanes of at least 4 members (excludes halogenated alkanes) is 2. The molecular formula is C12H28P. The van der Waals surface area contributed by atoms with Crippen LogP contribution in [-0.4, -0.2) is 24.6 Å². The van der Waals surface area contributed by atoms with Gasteiger partial charge in [-0.2, -0.15) is 0 Å². The molecule has 0 bridgehead atoms. The molecule has 0 nitrogen and oxygen atoms in total. The summed E-state index contributed by atoms with van der Waals surface area (Å²) < 4.78 is 0. The van der Waals surface area contributed by atoms with Gasteiger partial charge in [-0.05, 0) is 37.5 Å². The van der Waals surface area contributed by atoms with Gasteiger partial charge in [-0.15, -0.1) is 7.26 Å². The van der Waals surface area contributed by atoms with Crippen molar-refractivity contribution in [1.29, 1.82) is 0 Å². The van der Waals surface area contributed by atoms with E-state index < -0.39 is 7.26 Å². The summed E-state index contributed by atoms with van der Waals surface area (Å²) in [4.78, 5) is 0. The minimum absolute atomic E-state index is 0.491. The highest BCUT2D eigenvalue weighted by atomic mass is 31.2. The molecule has 0 saturated heterocycles. The third-order valence-corrected chi connectivity index (χ3v) is 8.53. The summed E-state index contributed by atoms with van der Waals surface area (Å²) in [6.45, 7) is 9.48. The Bertz CT molecular complexity index is 95.7. The second-order valence-corrected chi connectivity index (χ2v) is 8.97. The molecule has 0 aromatic rings. The Hall–Kier alpha value is 0.430. The van der Waals surface area contributed by atoms with Crippen LogP contribution in [0.2, 0.25) is 0 Å². The van der Waals surface area contributed by atoms with E-state index in [2.05, 4.69) is 27.7 Å². The number of hydrogen-bond acceptors (Lipinski definition) is 0. The molecule has 0 aliphatic carbocycles. The lowest BCUT2D eigenvalue weighted by atomic mass is 10.4. The van der Waals surface area contributed by atoms with Crippen LogP contribution in [0.5, 0.6) is 0 Å². The lowest BCUT2D eigenvalue weighted by Gasteiger charge is -2.34. The van der Waals surface area contributed by atoms with Gasteiger partial charge in [0.1, 0.15) is 0 Å². The molecular weight excluding hydrogens is 175 g/mol. The van der Waals surface area contributed by atoms with Crippen molar-refractivity contribution in [3.8, 4) is 0 Å². The van der Waals surface area contributed by atoms with Crippen molar-refractivity contribution in [1.82, 2.24) is 0 Å². The Morgan fingerprint density at radius 1 is 0.692 bits per heavy atom. The molecule has 0 saturated carbocycles. The van der Waals surface area contributed by atoms with Crippen molar-refractivity contribution in [2.45, 2.75) is 53.4 Å². The van der Waals surface area contributed by atoms with Crippen LogP contribution in [0.1, 0.15) is 53.4 Å². The van der Waals surface area contributed by atoms with Crippen LogP contribution in [0, 0.1) is 0 Å². The van der Waals surface area contributed by atoms with Crippen molar-refractivity contribution < 1.29 is 0 Å². The first-order chi connectivity index (χ1) is 6.24. The van der Waals surface area contributed by atoms with Gasteiger partial charge in [0.25, 0.3) is 0 Å². The summed E-state index contributed by atoms with van der Waals surface area (Å²) in [5.41, 5.74) is 0. The molecule has 0 heterocycles. The van der Waals surface area contributed by atoms with Gasteiger partial charge in [0.2, 0.25) is 0 Å². The van der Waals surface area contributed by atoms with Gasteiger partial charge in [-0.1, -0.05) is 40.5 Å². The van der Waals surface area contributed by atoms with Gasteiger partial charge in [0.15, 0.2) is 0 Å². The molecule has 1 heteroatoms. The SMILES string of the molecule is CCCC[P](CC)(CC)CCCC. The summed E-state index contributed by atoms with van der Waals surface area (Å²) in [6, 6.07) is 0. The Balaban J connectivity index is 3.97. The highest BCUT2D eigenvalue weighted by molar-refractivity contribution is 7.75. The largest absolute Gasteiger partial charge is 0.126 e. The van der Waals surface area contributed by atoms with E-state index in [4.69, 9.17) is 0 Å². The van der Waals surface area contributed by atoms with Crippen LogP contribution in [0.15, 0.2) is 0 Å². The molecule has 0 fully saturated rings. The number of hydrogen-bond donors (Lipinski definition) is 0. The van der Waals surface area contributed by atoms with E-state index in [9.17, 15) is 0 Å². The summed E-state index contributed by atoms with van der Waals surface area (Å²) >= 11 is 0. The third-order valence-electron chi connectivity index (χ3n) is 3.31. The molecule has 0 atom stereocenters. The highest BCUT2D eigenvalue weighted by Crippen LogP contribution is 2.59. The molecule has 0 unspecified atom stereocenters. The molecule has 0 aromatic heterocycles. The van der Waals surface area contributed by atoms with Crippen molar-refractivity contribution in [2.24, 2.45) is 0 Å². The topological polar surface area (TPSA) is 0 Å². The van der Waals surface area contributed by atoms with E-state index in [1.54, 1.807) is 12.3 Å². The van der Waals surface area contributed by atoms with Gasteiger partial charge >= 0.3 is 0 Å². The maximum absolute atomic E-state index is 2.42. The Labute approximate surface area is 85.8 Å². The molecule has 1 radical (unpaired) electrons. The van der Waals surface area contributed by atoms with Crippen LogP contribution < -0.4 is 0 Å². The van der Waals surface area contributed by atoms with Crippen LogP contribution >= 0.6 is 7.26 Å². The van der Waals surface area contributed by atoms with Crippen molar-refractivity contribution in [3.63, 3.8) is 0 Å². The van der Waals surface area contributed by atoms with E-state index in [1.165, 1.54) is 38.0 Å². The second-order valence-electron chi connectivity index (χ2n) is 4.13. The molecule has 0 N–H and O–H groups in total. The van der Waals surface area contributed by atoms with Gasteiger partial charge in [-0.25, -0.2) is 0 Å². The van der Waals surface area contributed by atoms with Gasteiger partial charge in [-0.3, -0.25) is 0 Å². The fourth-order valence-electron chi connectivity index (χ4n) is 1.95. The van der Waals surface area contributed by atoms with Gasteiger partial charge in [0, 0.05) is 0 Å². The minimum atomic E-state index is -0.491. The number of rotatable bonds is 8. The lowest BCUT2D eigenvalue weighted by Crippen LogP contribution is -2.09. The zero-order valence-corrected chi connectivity index (χ0v) is 11.0. The lowest BCUT2D eigenvalue weighted by molar-refractivity contribution is 0.856. The predicted molar refractivity (Wildman–Crippen MR) is 67.6 cm³/mol. The predicted octanol–water partition coefficient (Wildman–Crippen LogP) is 4.64. The molecule has 0 aromatic carbocycles. The highest BCUT2D eigenvalue weighted by Gasteiger charge is 2.21. The Kier molecular flexibility index (Phi) is 8.06. The van der Waals surface area contributed by atoms with Crippen LogP contribution in [0.3, 0.4) is 0 Å². The first kappa shape index (κ1) is 13.4. The van der Waals surface area contributed by atoms with Crippen LogP contribution in [-0.2, 0) is 0 Å². The van der Waals surface area contributed by atoms with E-state index in [0.29, 0.717) is 0 Å². The van der Waals surface area contributed by atoms with E-state index >= 15 is 0 Å².